The number of alkyl halides is 3. The van der Waals surface area contributed by atoms with Crippen LogP contribution in [0.5, 0.6) is 0 Å². The summed E-state index contributed by atoms with van der Waals surface area (Å²) >= 11 is 6.08. The second-order valence-corrected chi connectivity index (χ2v) is 6.38. The van der Waals surface area contributed by atoms with Crippen molar-refractivity contribution in [1.82, 2.24) is 9.78 Å². The molecule has 0 spiro atoms. The summed E-state index contributed by atoms with van der Waals surface area (Å²) in [6, 6.07) is 3.40. The number of hydrogen-bond acceptors (Lipinski definition) is 1. The lowest BCUT2D eigenvalue weighted by Gasteiger charge is -2.20. The zero-order valence-corrected chi connectivity index (χ0v) is 13.0. The van der Waals surface area contributed by atoms with Gasteiger partial charge in [0.2, 0.25) is 0 Å². The molecule has 0 saturated heterocycles. The molecule has 0 bridgehead atoms. The third kappa shape index (κ3) is 3.07. The van der Waals surface area contributed by atoms with Crippen LogP contribution in [0, 0.1) is 0 Å². The van der Waals surface area contributed by atoms with Gasteiger partial charge in [0.05, 0.1) is 22.5 Å². The van der Waals surface area contributed by atoms with Crippen LogP contribution in [0.4, 0.5) is 13.2 Å². The molecule has 0 amide bonds. The Hall–Kier alpha value is -1.49. The molecule has 2 rings (SSSR count). The second-order valence-electron chi connectivity index (χ2n) is 5.97. The Kier molecular flexibility index (Phi) is 3.82. The van der Waals surface area contributed by atoms with Crippen LogP contribution in [-0.4, -0.2) is 9.78 Å². The normalized spacial score (nSPS) is 12.8. The van der Waals surface area contributed by atoms with E-state index < -0.39 is 11.7 Å². The summed E-state index contributed by atoms with van der Waals surface area (Å²) in [5.41, 5.74) is 1.29. The average Bonchev–Trinajstić information content (AvgIpc) is 2.69. The summed E-state index contributed by atoms with van der Waals surface area (Å²) in [5, 5.41) is 4.28. The van der Waals surface area contributed by atoms with Gasteiger partial charge in [0.25, 0.3) is 0 Å². The molecule has 0 fully saturated rings. The monoisotopic (exact) mass is 316 g/mol. The van der Waals surface area contributed by atoms with Crippen molar-refractivity contribution in [2.45, 2.75) is 32.4 Å². The first-order valence-corrected chi connectivity index (χ1v) is 6.79. The molecule has 0 aliphatic carbocycles. The Morgan fingerprint density at radius 1 is 1.14 bits per heavy atom. The number of hydrogen-bond donors (Lipinski definition) is 0. The van der Waals surface area contributed by atoms with Gasteiger partial charge in [-0.1, -0.05) is 38.4 Å². The van der Waals surface area contributed by atoms with E-state index in [9.17, 15) is 13.2 Å². The third-order valence-electron chi connectivity index (χ3n) is 3.30. The lowest BCUT2D eigenvalue weighted by atomic mass is 9.85. The van der Waals surface area contributed by atoms with Crippen LogP contribution in [-0.2, 0) is 18.6 Å². The minimum atomic E-state index is -4.40. The predicted molar refractivity (Wildman–Crippen MR) is 77.4 cm³/mol. The van der Waals surface area contributed by atoms with E-state index in [2.05, 4.69) is 5.10 Å². The highest BCUT2D eigenvalue weighted by atomic mass is 35.5. The van der Waals surface area contributed by atoms with E-state index in [4.69, 9.17) is 11.6 Å². The largest absolute Gasteiger partial charge is 0.416 e. The van der Waals surface area contributed by atoms with E-state index in [1.165, 1.54) is 6.07 Å². The lowest BCUT2D eigenvalue weighted by Crippen LogP contribution is -2.12. The van der Waals surface area contributed by atoms with E-state index in [-0.39, 0.29) is 10.4 Å². The van der Waals surface area contributed by atoms with Gasteiger partial charge in [-0.15, -0.1) is 0 Å². The Morgan fingerprint density at radius 2 is 1.76 bits per heavy atom. The summed E-state index contributed by atoms with van der Waals surface area (Å²) in [6.45, 7) is 6.06. The maximum Gasteiger partial charge on any atom is 0.416 e. The molecule has 21 heavy (non-hydrogen) atoms. The minimum Gasteiger partial charge on any atom is -0.268 e. The third-order valence-corrected chi connectivity index (χ3v) is 3.61. The van der Waals surface area contributed by atoms with Crippen molar-refractivity contribution in [2.24, 2.45) is 7.05 Å². The lowest BCUT2D eigenvalue weighted by molar-refractivity contribution is -0.137. The second kappa shape index (κ2) is 5.05. The molecule has 6 heteroatoms. The summed E-state index contributed by atoms with van der Waals surface area (Å²) in [6.07, 6.45) is -2.68. The molecule has 1 aromatic heterocycles. The molecule has 2 aromatic rings. The highest BCUT2D eigenvalue weighted by Crippen LogP contribution is 2.39. The van der Waals surface area contributed by atoms with Crippen molar-refractivity contribution in [2.75, 3.05) is 0 Å². The van der Waals surface area contributed by atoms with Crippen LogP contribution in [0.1, 0.15) is 31.9 Å². The van der Waals surface area contributed by atoms with Gasteiger partial charge in [-0.3, -0.25) is 4.68 Å². The average molecular weight is 317 g/mol. The van der Waals surface area contributed by atoms with Gasteiger partial charge in [0.1, 0.15) is 0 Å². The van der Waals surface area contributed by atoms with E-state index >= 15 is 0 Å². The van der Waals surface area contributed by atoms with Crippen molar-refractivity contribution >= 4 is 11.6 Å². The van der Waals surface area contributed by atoms with Crippen molar-refractivity contribution in [3.8, 4) is 11.3 Å². The van der Waals surface area contributed by atoms with E-state index in [1.807, 2.05) is 20.8 Å². The molecule has 0 saturated carbocycles. The fourth-order valence-electron chi connectivity index (χ4n) is 2.19. The molecule has 0 atom stereocenters. The smallest absolute Gasteiger partial charge is 0.268 e. The summed E-state index contributed by atoms with van der Waals surface area (Å²) < 4.78 is 39.8. The number of halogens is 4. The first-order chi connectivity index (χ1) is 9.51. The van der Waals surface area contributed by atoms with Crippen LogP contribution in [0.15, 0.2) is 24.4 Å². The van der Waals surface area contributed by atoms with Crippen molar-refractivity contribution < 1.29 is 13.2 Å². The fourth-order valence-corrected chi connectivity index (χ4v) is 2.46. The molecule has 0 aliphatic rings. The standard InChI is InChI=1S/C15H16ClF3N2/c1-14(2,3)11-8-20-21(4)13(11)10-6-5-9(7-12(10)16)15(17,18)19/h5-8H,1-4H3. The maximum atomic E-state index is 12.7. The van der Waals surface area contributed by atoms with Crippen LogP contribution in [0.2, 0.25) is 5.02 Å². The van der Waals surface area contributed by atoms with E-state index in [0.717, 1.165) is 23.4 Å². The summed E-state index contributed by atoms with van der Waals surface area (Å²) in [7, 11) is 1.75. The molecule has 0 unspecified atom stereocenters. The Morgan fingerprint density at radius 3 is 2.24 bits per heavy atom. The van der Waals surface area contributed by atoms with Crippen LogP contribution < -0.4 is 0 Å². The zero-order chi connectivity index (χ0) is 16.0. The highest BCUT2D eigenvalue weighted by molar-refractivity contribution is 6.33. The van der Waals surface area contributed by atoms with Crippen LogP contribution in [0.25, 0.3) is 11.3 Å². The number of rotatable bonds is 1. The van der Waals surface area contributed by atoms with Gasteiger partial charge in [-0.2, -0.15) is 18.3 Å². The van der Waals surface area contributed by atoms with Gasteiger partial charge in [-0.25, -0.2) is 0 Å². The van der Waals surface area contributed by atoms with E-state index in [1.54, 1.807) is 17.9 Å². The number of aryl methyl sites for hydroxylation is 1. The van der Waals surface area contributed by atoms with Gasteiger partial charge < -0.3 is 0 Å². The Balaban J connectivity index is 2.62. The SMILES string of the molecule is Cn1ncc(C(C)(C)C)c1-c1ccc(C(F)(F)F)cc1Cl. The highest BCUT2D eigenvalue weighted by Gasteiger charge is 2.31. The van der Waals surface area contributed by atoms with Gasteiger partial charge in [0.15, 0.2) is 0 Å². The Bertz CT molecular complexity index is 667. The molecule has 0 radical (unpaired) electrons. The molecular formula is C15H16ClF3N2. The molecule has 1 aromatic carbocycles. The Labute approximate surface area is 126 Å². The summed E-state index contributed by atoms with van der Waals surface area (Å²) in [5.74, 6) is 0. The first-order valence-electron chi connectivity index (χ1n) is 6.41. The van der Waals surface area contributed by atoms with Gasteiger partial charge >= 0.3 is 6.18 Å². The van der Waals surface area contributed by atoms with Gasteiger partial charge in [-0.05, 0) is 17.5 Å². The van der Waals surface area contributed by atoms with Gasteiger partial charge in [0, 0.05) is 18.2 Å². The van der Waals surface area contributed by atoms with E-state index in [0.29, 0.717) is 5.56 Å². The van der Waals surface area contributed by atoms with Crippen LogP contribution >= 0.6 is 11.6 Å². The molecular weight excluding hydrogens is 301 g/mol. The minimum absolute atomic E-state index is 0.0684. The molecule has 2 nitrogen and oxygen atoms in total. The topological polar surface area (TPSA) is 17.8 Å². The summed E-state index contributed by atoms with van der Waals surface area (Å²) in [4.78, 5) is 0. The first kappa shape index (κ1) is 15.9. The number of aromatic nitrogens is 2. The fraction of sp³-hybridized carbons (Fsp3) is 0.400. The quantitative estimate of drug-likeness (QED) is 0.719. The molecule has 0 N–H and O–H groups in total. The molecule has 1 heterocycles. The zero-order valence-electron chi connectivity index (χ0n) is 12.2. The molecule has 0 aliphatic heterocycles. The van der Waals surface area contributed by atoms with Crippen molar-refractivity contribution in [1.29, 1.82) is 0 Å². The maximum absolute atomic E-state index is 12.7. The number of benzene rings is 1. The van der Waals surface area contributed by atoms with Crippen LogP contribution in [0.3, 0.4) is 0 Å². The van der Waals surface area contributed by atoms with Crippen molar-refractivity contribution in [3.05, 3.63) is 40.5 Å². The predicted octanol–water partition coefficient (Wildman–Crippen LogP) is 5.06. The van der Waals surface area contributed by atoms with Crippen molar-refractivity contribution in [3.63, 3.8) is 0 Å². The number of nitrogens with zero attached hydrogens (tertiary/aromatic N) is 2. The molecule has 114 valence electrons.